The fraction of sp³-hybridized carbons (Fsp3) is 0.596. The summed E-state index contributed by atoms with van der Waals surface area (Å²) < 4.78 is 27.3. The number of amides is 7. The van der Waals surface area contributed by atoms with Gasteiger partial charge in [-0.15, -0.1) is 0 Å². The first-order chi connectivity index (χ1) is 40.0. The lowest BCUT2D eigenvalue weighted by atomic mass is 9.98. The zero-order valence-corrected chi connectivity index (χ0v) is 49.1. The quantitative estimate of drug-likeness (QED) is 0.0217. The molecular formula is C57H79Cl2N7O18. The summed E-state index contributed by atoms with van der Waals surface area (Å²) in [7, 11) is 0. The molecule has 2 saturated carbocycles. The number of benzene rings is 2. The topological polar surface area (TPSA) is 359 Å². The van der Waals surface area contributed by atoms with Crippen LogP contribution in [0.15, 0.2) is 48.5 Å². The van der Waals surface area contributed by atoms with Crippen molar-refractivity contribution in [1.29, 1.82) is 0 Å². The minimum Gasteiger partial charge on any atom is -0.481 e. The monoisotopic (exact) mass is 1220 g/mol. The van der Waals surface area contributed by atoms with Crippen LogP contribution in [0.3, 0.4) is 0 Å². The van der Waals surface area contributed by atoms with Crippen LogP contribution in [0.25, 0.3) is 0 Å². The smallest absolute Gasteiger partial charge is 0.408 e. The average Bonchev–Trinajstić information content (AvgIpc) is 3.65. The van der Waals surface area contributed by atoms with Crippen molar-refractivity contribution in [2.45, 2.75) is 204 Å². The van der Waals surface area contributed by atoms with E-state index >= 15 is 0 Å². The molecule has 0 aliphatic heterocycles. The second kappa shape index (κ2) is 36.3. The van der Waals surface area contributed by atoms with Crippen molar-refractivity contribution in [3.8, 4) is 0 Å². The van der Waals surface area contributed by atoms with Crippen molar-refractivity contribution in [1.82, 2.24) is 37.2 Å². The third kappa shape index (κ3) is 27.3. The van der Waals surface area contributed by atoms with Gasteiger partial charge in [-0.3, -0.25) is 33.6 Å². The van der Waals surface area contributed by atoms with E-state index in [-0.39, 0.29) is 64.8 Å². The van der Waals surface area contributed by atoms with Gasteiger partial charge in [-0.25, -0.2) is 19.2 Å². The molecule has 2 aliphatic carbocycles. The molecule has 0 spiro atoms. The standard InChI is InChI=1S/C57H79Cl2N7O18/c1-57(2,3)84-56(79)66-44(32-48(70)83-38-22-8-5-9-23-38)52(74)63-41(26-14-16-28-60-54(77)80-33-35-18-10-12-24-39(35)58)49(71)64-43(31-47(69)82-37-20-6-4-7-21-37)51(73)62-42(50(72)65-45(53(75)76)30-46(67)68)27-15-17-29-61-55(78)81-34-36-19-11-13-25-40(36)59/h10-13,18-19,24-25,37-38,41-45H,4-9,14-17,20-23,26-34H2,1-3H3,(H,60,77)(H,61,78)(H,62,73)(H,63,74)(H,64,71)(H,65,72)(H,66,79)(H,67,68)(H,75,76)/t41-,42-,43-,44-,45-/m0/s1. The molecule has 0 aromatic heterocycles. The van der Waals surface area contributed by atoms with E-state index in [1.807, 2.05) is 0 Å². The number of alkyl carbamates (subject to hydrolysis) is 3. The number of esters is 2. The third-order valence-electron chi connectivity index (χ3n) is 13.4. The molecule has 27 heteroatoms. The Hall–Kier alpha value is -7.41. The summed E-state index contributed by atoms with van der Waals surface area (Å²) in [6.45, 7) is 4.49. The predicted molar refractivity (Wildman–Crippen MR) is 303 cm³/mol. The number of rotatable bonds is 32. The number of ether oxygens (including phenoxy) is 5. The van der Waals surface area contributed by atoms with E-state index in [0.29, 0.717) is 46.9 Å². The average molecular weight is 1220 g/mol. The highest BCUT2D eigenvalue weighted by molar-refractivity contribution is 6.31. The summed E-state index contributed by atoms with van der Waals surface area (Å²) in [5.74, 6) is -9.42. The number of hydrogen-bond acceptors (Lipinski definition) is 16. The first-order valence-electron chi connectivity index (χ1n) is 28.3. The van der Waals surface area contributed by atoms with E-state index in [1.54, 1.807) is 69.3 Å². The van der Waals surface area contributed by atoms with Gasteiger partial charge in [0.2, 0.25) is 23.6 Å². The Morgan fingerprint density at radius 2 is 0.881 bits per heavy atom. The molecule has 2 aromatic rings. The molecule has 25 nitrogen and oxygen atoms in total. The molecule has 84 heavy (non-hydrogen) atoms. The van der Waals surface area contributed by atoms with Crippen LogP contribution >= 0.6 is 23.2 Å². The Labute approximate surface area is 497 Å². The van der Waals surface area contributed by atoms with Crippen molar-refractivity contribution < 1.29 is 86.6 Å². The van der Waals surface area contributed by atoms with Crippen molar-refractivity contribution in [2.75, 3.05) is 13.1 Å². The van der Waals surface area contributed by atoms with Gasteiger partial charge in [-0.2, -0.15) is 0 Å². The van der Waals surface area contributed by atoms with Crippen molar-refractivity contribution in [3.63, 3.8) is 0 Å². The molecule has 9 N–H and O–H groups in total. The van der Waals surface area contributed by atoms with Gasteiger partial charge < -0.3 is 71.1 Å². The highest BCUT2D eigenvalue weighted by Gasteiger charge is 2.36. The zero-order valence-electron chi connectivity index (χ0n) is 47.6. The molecular weight excluding hydrogens is 1140 g/mol. The van der Waals surface area contributed by atoms with Crippen LogP contribution in [0.1, 0.15) is 154 Å². The highest BCUT2D eigenvalue weighted by atomic mass is 35.5. The minimum absolute atomic E-state index is 0.00120. The SMILES string of the molecule is CC(C)(C)OC(=O)N[C@@H](CC(=O)OC1CCCCC1)C(=O)N[C@@H](CCCCNC(=O)OCc1ccccc1Cl)C(=O)N[C@@H](CC(=O)OC1CCCCC1)C(=O)N[C@@H](CCCCNC(=O)OCc1ccccc1Cl)C(=O)N[C@@H](CC(=O)O)C(=O)O. The van der Waals surface area contributed by atoms with Gasteiger partial charge in [0.15, 0.2) is 0 Å². The van der Waals surface area contributed by atoms with Crippen LogP contribution in [0.2, 0.25) is 10.0 Å². The molecule has 0 heterocycles. The molecule has 7 amide bonds. The van der Waals surface area contributed by atoms with Gasteiger partial charge >= 0.3 is 42.2 Å². The summed E-state index contributed by atoms with van der Waals surface area (Å²) in [4.78, 5) is 146. The summed E-state index contributed by atoms with van der Waals surface area (Å²) >= 11 is 12.3. The Balaban J connectivity index is 1.60. The molecule has 0 unspecified atom stereocenters. The van der Waals surface area contributed by atoms with Crippen LogP contribution in [0.4, 0.5) is 14.4 Å². The van der Waals surface area contributed by atoms with Gasteiger partial charge in [-0.1, -0.05) is 72.4 Å². The lowest BCUT2D eigenvalue weighted by Gasteiger charge is -2.28. The first kappa shape index (κ1) is 69.1. The van der Waals surface area contributed by atoms with E-state index in [4.69, 9.17) is 46.9 Å². The number of carboxylic acid groups (broad SMARTS) is 2. The number of nitrogens with one attached hydrogen (secondary N) is 7. The van der Waals surface area contributed by atoms with Gasteiger partial charge in [0, 0.05) is 34.3 Å². The number of aliphatic carboxylic acids is 2. The van der Waals surface area contributed by atoms with Crippen LogP contribution in [-0.2, 0) is 75.3 Å². The maximum Gasteiger partial charge on any atom is 0.408 e. The Morgan fingerprint density at radius 3 is 1.27 bits per heavy atom. The molecule has 4 rings (SSSR count). The highest BCUT2D eigenvalue weighted by Crippen LogP contribution is 2.23. The third-order valence-corrected chi connectivity index (χ3v) is 14.1. The number of unbranched alkanes of at least 4 members (excludes halogenated alkanes) is 2. The lowest BCUT2D eigenvalue weighted by molar-refractivity contribution is -0.153. The van der Waals surface area contributed by atoms with Crippen molar-refractivity contribution in [2.24, 2.45) is 0 Å². The van der Waals surface area contributed by atoms with Crippen molar-refractivity contribution >= 4 is 89.0 Å². The number of carbonyl (C=O) groups is 11. The molecule has 0 saturated heterocycles. The van der Waals surface area contributed by atoms with Crippen LogP contribution in [0.5, 0.6) is 0 Å². The number of hydrogen-bond donors (Lipinski definition) is 9. The fourth-order valence-electron chi connectivity index (χ4n) is 8.98. The molecule has 2 fully saturated rings. The number of halogens is 2. The molecule has 0 radical (unpaired) electrons. The van der Waals surface area contributed by atoms with Crippen LogP contribution in [0, 0.1) is 0 Å². The van der Waals surface area contributed by atoms with E-state index in [1.165, 1.54) is 0 Å². The molecule has 464 valence electrons. The summed E-state index contributed by atoms with van der Waals surface area (Å²) in [6, 6.07) is 4.77. The Morgan fingerprint density at radius 1 is 0.500 bits per heavy atom. The van der Waals surface area contributed by atoms with E-state index in [2.05, 4.69) is 37.2 Å². The zero-order chi connectivity index (χ0) is 61.6. The van der Waals surface area contributed by atoms with Gasteiger partial charge in [-0.05, 0) is 123 Å². The van der Waals surface area contributed by atoms with Gasteiger partial charge in [0.1, 0.15) is 61.2 Å². The van der Waals surface area contributed by atoms with E-state index < -0.39 is 133 Å². The van der Waals surface area contributed by atoms with Gasteiger partial charge in [0.25, 0.3) is 0 Å². The second-order valence-electron chi connectivity index (χ2n) is 21.5. The second-order valence-corrected chi connectivity index (χ2v) is 22.3. The largest absolute Gasteiger partial charge is 0.481 e. The number of carbonyl (C=O) groups excluding carboxylic acids is 9. The summed E-state index contributed by atoms with van der Waals surface area (Å²) in [5, 5.41) is 37.1. The molecule has 2 aliphatic rings. The lowest BCUT2D eigenvalue weighted by Crippen LogP contribution is -2.59. The Kier molecular flexibility index (Phi) is 29.9. The summed E-state index contributed by atoms with van der Waals surface area (Å²) in [6.07, 6.45) is 1.19. The maximum atomic E-state index is 14.7. The first-order valence-corrected chi connectivity index (χ1v) is 29.0. The van der Waals surface area contributed by atoms with E-state index in [0.717, 1.165) is 38.5 Å². The Bertz CT molecular complexity index is 2560. The molecule has 5 atom stereocenters. The maximum absolute atomic E-state index is 14.7. The van der Waals surface area contributed by atoms with E-state index in [9.17, 15) is 63.0 Å². The van der Waals surface area contributed by atoms with Crippen LogP contribution in [-0.4, -0.2) is 137 Å². The minimum atomic E-state index is -1.95. The van der Waals surface area contributed by atoms with Crippen molar-refractivity contribution in [3.05, 3.63) is 69.7 Å². The fourth-order valence-corrected chi connectivity index (χ4v) is 9.37. The number of carboxylic acids is 2. The summed E-state index contributed by atoms with van der Waals surface area (Å²) in [5.41, 5.74) is 0.0749. The molecule has 2 aromatic carbocycles. The predicted octanol–water partition coefficient (Wildman–Crippen LogP) is 6.41. The normalized spacial score (nSPS) is 15.4. The van der Waals surface area contributed by atoms with Gasteiger partial charge in [0.05, 0.1) is 19.3 Å². The van der Waals surface area contributed by atoms with Crippen LogP contribution < -0.4 is 37.2 Å². The molecule has 0 bridgehead atoms.